The van der Waals surface area contributed by atoms with Crippen molar-refractivity contribution >= 4 is 23.0 Å². The Morgan fingerprint density at radius 3 is 1.96 bits per heavy atom. The molecule has 23 heavy (non-hydrogen) atoms. The van der Waals surface area contributed by atoms with Crippen LogP contribution in [-0.2, 0) is 6.54 Å². The van der Waals surface area contributed by atoms with Gasteiger partial charge in [-0.3, -0.25) is 0 Å². The van der Waals surface area contributed by atoms with E-state index in [4.69, 9.17) is 17.3 Å². The first-order chi connectivity index (χ1) is 11.2. The molecule has 0 saturated carbocycles. The molecule has 4 heteroatoms. The molecular formula is C19H18ClFN2. The molecule has 0 spiro atoms. The molecule has 0 radical (unpaired) electrons. The lowest BCUT2D eigenvalue weighted by molar-refractivity contribution is 0.613. The highest BCUT2D eigenvalue weighted by molar-refractivity contribution is 6.31. The van der Waals surface area contributed by atoms with E-state index in [1.54, 1.807) is 12.1 Å². The summed E-state index contributed by atoms with van der Waals surface area (Å²) in [6.45, 7) is 0.384. The number of rotatable bonds is 3. The topological polar surface area (TPSA) is 38.0 Å². The molecule has 3 aromatic rings. The van der Waals surface area contributed by atoms with Crippen molar-refractivity contribution in [3.63, 3.8) is 0 Å². The van der Waals surface area contributed by atoms with Gasteiger partial charge < -0.3 is 11.1 Å². The van der Waals surface area contributed by atoms with Crippen LogP contribution in [0.25, 0.3) is 0 Å². The van der Waals surface area contributed by atoms with Gasteiger partial charge in [0.2, 0.25) is 0 Å². The van der Waals surface area contributed by atoms with E-state index in [0.29, 0.717) is 17.1 Å². The summed E-state index contributed by atoms with van der Waals surface area (Å²) in [5, 5.41) is 3.57. The summed E-state index contributed by atoms with van der Waals surface area (Å²) in [5.74, 6) is -0.282. The molecule has 0 heterocycles. The first-order valence-electron chi connectivity index (χ1n) is 7.19. The summed E-state index contributed by atoms with van der Waals surface area (Å²) in [6.07, 6.45) is 0. The van der Waals surface area contributed by atoms with Gasteiger partial charge >= 0.3 is 0 Å². The van der Waals surface area contributed by atoms with Gasteiger partial charge in [0.05, 0.1) is 0 Å². The predicted octanol–water partition coefficient (Wildman–Crippen LogP) is 5.36. The molecule has 0 aliphatic heterocycles. The molecule has 0 aliphatic rings. The fourth-order valence-electron chi connectivity index (χ4n) is 1.90. The number of benzene rings is 3. The van der Waals surface area contributed by atoms with Gasteiger partial charge in [0.1, 0.15) is 5.82 Å². The number of anilines is 2. The monoisotopic (exact) mass is 328 g/mol. The minimum atomic E-state index is -0.282. The quantitative estimate of drug-likeness (QED) is 0.635. The average Bonchev–Trinajstić information content (AvgIpc) is 2.57. The van der Waals surface area contributed by atoms with Gasteiger partial charge in [-0.2, -0.15) is 0 Å². The van der Waals surface area contributed by atoms with Crippen LogP contribution in [0.2, 0.25) is 5.02 Å². The maximum absolute atomic E-state index is 13.4. The Kier molecular flexibility index (Phi) is 6.45. The standard InChI is InChI=1S/C13H11ClFN.C6H7N/c14-12-7-4-8-13(15)11(12)9-16-10-5-2-1-3-6-10;7-6-4-2-1-3-5-6/h1-8,16H,9H2;1-5H,7H2. The first kappa shape index (κ1) is 16.8. The van der Waals surface area contributed by atoms with Crippen LogP contribution in [-0.4, -0.2) is 0 Å². The Morgan fingerprint density at radius 1 is 0.826 bits per heavy atom. The molecular weight excluding hydrogens is 311 g/mol. The van der Waals surface area contributed by atoms with Crippen LogP contribution in [0, 0.1) is 5.82 Å². The minimum Gasteiger partial charge on any atom is -0.399 e. The number of hydrogen-bond donors (Lipinski definition) is 2. The second kappa shape index (κ2) is 8.81. The third-order valence-corrected chi connectivity index (χ3v) is 3.46. The zero-order valence-corrected chi connectivity index (χ0v) is 13.3. The van der Waals surface area contributed by atoms with Crippen molar-refractivity contribution in [2.75, 3.05) is 11.1 Å². The van der Waals surface area contributed by atoms with Crippen LogP contribution >= 0.6 is 11.6 Å². The molecule has 3 rings (SSSR count). The van der Waals surface area contributed by atoms with Gasteiger partial charge in [-0.15, -0.1) is 0 Å². The van der Waals surface area contributed by atoms with E-state index < -0.39 is 0 Å². The summed E-state index contributed by atoms with van der Waals surface area (Å²) in [4.78, 5) is 0. The summed E-state index contributed by atoms with van der Waals surface area (Å²) in [5.41, 5.74) is 7.62. The SMILES string of the molecule is Fc1cccc(Cl)c1CNc1ccccc1.Nc1ccccc1. The van der Waals surface area contributed by atoms with Gasteiger partial charge in [-0.25, -0.2) is 4.39 Å². The summed E-state index contributed by atoms with van der Waals surface area (Å²) in [7, 11) is 0. The fraction of sp³-hybridized carbons (Fsp3) is 0.0526. The van der Waals surface area contributed by atoms with Crippen molar-refractivity contribution in [1.29, 1.82) is 0 Å². The van der Waals surface area contributed by atoms with E-state index in [1.807, 2.05) is 60.7 Å². The van der Waals surface area contributed by atoms with E-state index in [1.165, 1.54) is 6.07 Å². The Bertz CT molecular complexity index is 698. The zero-order chi connectivity index (χ0) is 16.5. The van der Waals surface area contributed by atoms with Gasteiger partial charge in [0.15, 0.2) is 0 Å². The maximum atomic E-state index is 13.4. The van der Waals surface area contributed by atoms with E-state index in [0.717, 1.165) is 11.4 Å². The van der Waals surface area contributed by atoms with Gasteiger partial charge in [0, 0.05) is 28.5 Å². The molecule has 0 unspecified atom stereocenters. The van der Waals surface area contributed by atoms with Crippen molar-refractivity contribution in [3.05, 3.63) is 95.3 Å². The van der Waals surface area contributed by atoms with Gasteiger partial charge in [-0.1, -0.05) is 54.1 Å². The maximum Gasteiger partial charge on any atom is 0.129 e. The predicted molar refractivity (Wildman–Crippen MR) is 96.0 cm³/mol. The normalized spacial score (nSPS) is 9.65. The van der Waals surface area contributed by atoms with Crippen LogP contribution in [0.3, 0.4) is 0 Å². The number of nitrogens with two attached hydrogens (primary N) is 1. The Labute approximate surface area is 140 Å². The molecule has 0 atom stereocenters. The number of para-hydroxylation sites is 2. The summed E-state index contributed by atoms with van der Waals surface area (Å²) in [6, 6.07) is 23.8. The Hall–Kier alpha value is -2.52. The number of halogens is 2. The molecule has 3 aromatic carbocycles. The molecule has 0 fully saturated rings. The number of hydrogen-bond acceptors (Lipinski definition) is 2. The van der Waals surface area contributed by atoms with Crippen LogP contribution in [0.5, 0.6) is 0 Å². The van der Waals surface area contributed by atoms with Gasteiger partial charge in [-0.05, 0) is 36.4 Å². The van der Waals surface area contributed by atoms with E-state index in [-0.39, 0.29) is 5.82 Å². The van der Waals surface area contributed by atoms with Crippen LogP contribution in [0.4, 0.5) is 15.8 Å². The Morgan fingerprint density at radius 2 is 1.43 bits per heavy atom. The van der Waals surface area contributed by atoms with Crippen molar-refractivity contribution in [2.45, 2.75) is 6.54 Å². The van der Waals surface area contributed by atoms with E-state index >= 15 is 0 Å². The lowest BCUT2D eigenvalue weighted by Crippen LogP contribution is -2.02. The van der Waals surface area contributed by atoms with Crippen LogP contribution < -0.4 is 11.1 Å². The van der Waals surface area contributed by atoms with Crippen molar-refractivity contribution in [2.24, 2.45) is 0 Å². The zero-order valence-electron chi connectivity index (χ0n) is 12.5. The minimum absolute atomic E-state index is 0.282. The smallest absolute Gasteiger partial charge is 0.129 e. The molecule has 3 N–H and O–H groups in total. The molecule has 0 bridgehead atoms. The lowest BCUT2D eigenvalue weighted by atomic mass is 10.2. The third kappa shape index (κ3) is 5.64. The second-order valence-electron chi connectivity index (χ2n) is 4.83. The summed E-state index contributed by atoms with van der Waals surface area (Å²) < 4.78 is 13.4. The van der Waals surface area contributed by atoms with Crippen LogP contribution in [0.15, 0.2) is 78.9 Å². The molecule has 0 aliphatic carbocycles. The molecule has 0 amide bonds. The number of nitrogen functional groups attached to an aromatic ring is 1. The second-order valence-corrected chi connectivity index (χ2v) is 5.24. The van der Waals surface area contributed by atoms with Crippen LogP contribution in [0.1, 0.15) is 5.56 Å². The van der Waals surface area contributed by atoms with Crippen molar-refractivity contribution < 1.29 is 4.39 Å². The lowest BCUT2D eigenvalue weighted by Gasteiger charge is -2.08. The first-order valence-corrected chi connectivity index (χ1v) is 7.57. The fourth-order valence-corrected chi connectivity index (χ4v) is 2.13. The molecule has 118 valence electrons. The summed E-state index contributed by atoms with van der Waals surface area (Å²) >= 11 is 5.92. The average molecular weight is 329 g/mol. The highest BCUT2D eigenvalue weighted by Crippen LogP contribution is 2.20. The van der Waals surface area contributed by atoms with E-state index in [9.17, 15) is 4.39 Å². The highest BCUT2D eigenvalue weighted by atomic mass is 35.5. The third-order valence-electron chi connectivity index (χ3n) is 3.10. The molecule has 0 saturated heterocycles. The Balaban J connectivity index is 0.000000229. The van der Waals surface area contributed by atoms with Gasteiger partial charge in [0.25, 0.3) is 0 Å². The number of nitrogens with one attached hydrogen (secondary N) is 1. The molecule has 0 aromatic heterocycles. The molecule has 2 nitrogen and oxygen atoms in total. The highest BCUT2D eigenvalue weighted by Gasteiger charge is 2.05. The van der Waals surface area contributed by atoms with Crippen molar-refractivity contribution in [1.82, 2.24) is 0 Å². The van der Waals surface area contributed by atoms with Crippen molar-refractivity contribution in [3.8, 4) is 0 Å². The van der Waals surface area contributed by atoms with E-state index in [2.05, 4.69) is 5.32 Å². The largest absolute Gasteiger partial charge is 0.399 e.